The fourth-order valence-electron chi connectivity index (χ4n) is 4.54. The van der Waals surface area contributed by atoms with E-state index in [2.05, 4.69) is 25.9 Å². The molecule has 2 heterocycles. The van der Waals surface area contributed by atoms with Crippen molar-refractivity contribution in [1.82, 2.24) is 20.1 Å². The maximum atomic E-state index is 13.5. The summed E-state index contributed by atoms with van der Waals surface area (Å²) in [5.74, 6) is -0.257. The Morgan fingerprint density at radius 1 is 1.21 bits per heavy atom. The summed E-state index contributed by atoms with van der Waals surface area (Å²) in [4.78, 5) is 29.0. The van der Waals surface area contributed by atoms with Gasteiger partial charge in [0.2, 0.25) is 0 Å². The van der Waals surface area contributed by atoms with E-state index in [1.165, 1.54) is 0 Å². The molecule has 2 N–H and O–H groups in total. The van der Waals surface area contributed by atoms with Gasteiger partial charge in [-0.3, -0.25) is 4.79 Å². The Kier molecular flexibility index (Phi) is 7.68. The second kappa shape index (κ2) is 10.7. The maximum absolute atomic E-state index is 13.5. The molecular formula is C24H28Cl2N6O2. The van der Waals surface area contributed by atoms with Crippen LogP contribution in [0.3, 0.4) is 0 Å². The Balaban J connectivity index is 1.66. The van der Waals surface area contributed by atoms with Crippen LogP contribution >= 0.6 is 23.2 Å². The number of hydrogen-bond acceptors (Lipinski definition) is 6. The first-order valence-electron chi connectivity index (χ1n) is 11.6. The topological polar surface area (TPSA) is 101 Å². The highest BCUT2D eigenvalue weighted by Crippen LogP contribution is 2.33. The molecule has 180 valence electrons. The number of nitroso groups, excluding NO2 is 1. The molecule has 0 bridgehead atoms. The molecule has 3 aromatic rings. The molecule has 0 saturated heterocycles. The van der Waals surface area contributed by atoms with Crippen LogP contribution < -0.4 is 10.6 Å². The van der Waals surface area contributed by atoms with Crippen LogP contribution in [0.15, 0.2) is 35.8 Å². The lowest BCUT2D eigenvalue weighted by molar-refractivity contribution is 0.0936. The van der Waals surface area contributed by atoms with Gasteiger partial charge < -0.3 is 10.6 Å². The first kappa shape index (κ1) is 24.4. The van der Waals surface area contributed by atoms with Gasteiger partial charge in [0.05, 0.1) is 45.0 Å². The smallest absolute Gasteiger partial charge is 0.255 e. The molecule has 1 fully saturated rings. The Hall–Kier alpha value is -2.71. The molecule has 1 aliphatic carbocycles. The van der Waals surface area contributed by atoms with E-state index >= 15 is 0 Å². The minimum atomic E-state index is -0.310. The van der Waals surface area contributed by atoms with Gasteiger partial charge in [-0.15, -0.1) is 0 Å². The van der Waals surface area contributed by atoms with Gasteiger partial charge in [0.15, 0.2) is 5.65 Å². The van der Waals surface area contributed by atoms with Gasteiger partial charge in [-0.2, -0.15) is 10.0 Å². The van der Waals surface area contributed by atoms with E-state index in [-0.39, 0.29) is 24.0 Å². The van der Waals surface area contributed by atoms with Crippen LogP contribution in [0.5, 0.6) is 0 Å². The van der Waals surface area contributed by atoms with E-state index < -0.39 is 0 Å². The monoisotopic (exact) mass is 502 g/mol. The van der Waals surface area contributed by atoms with Crippen LogP contribution in [0.4, 0.5) is 5.69 Å². The molecule has 1 amide bonds. The molecule has 1 aliphatic rings. The molecule has 1 saturated carbocycles. The molecule has 4 rings (SSSR count). The highest BCUT2D eigenvalue weighted by molar-refractivity contribution is 6.42. The Bertz CT molecular complexity index is 1190. The standard InChI is InChI=1S/C24H28Cl2N6O2/c1-3-20(16-6-5-7-19(25)21(16)26)30-24(33)18-12-27-23-17(13-28-32(23)4-2)22(18)29-14-8-10-15(31-34)11-9-14/h5-7,12-15,20H,3-4,8-11H2,1-2H3,(H,27,29)(H,30,33). The van der Waals surface area contributed by atoms with Crippen molar-refractivity contribution < 1.29 is 4.79 Å². The fourth-order valence-corrected chi connectivity index (χ4v) is 4.98. The summed E-state index contributed by atoms with van der Waals surface area (Å²) in [7, 11) is 0. The summed E-state index contributed by atoms with van der Waals surface area (Å²) < 4.78 is 1.80. The Morgan fingerprint density at radius 2 is 1.97 bits per heavy atom. The second-order valence-electron chi connectivity index (χ2n) is 8.58. The van der Waals surface area contributed by atoms with Gasteiger partial charge in [-0.25, -0.2) is 9.67 Å². The van der Waals surface area contributed by atoms with Crippen molar-refractivity contribution in [1.29, 1.82) is 0 Å². The summed E-state index contributed by atoms with van der Waals surface area (Å²) >= 11 is 12.6. The summed E-state index contributed by atoms with van der Waals surface area (Å²) in [5.41, 5.74) is 2.63. The van der Waals surface area contributed by atoms with Crippen molar-refractivity contribution in [2.24, 2.45) is 5.18 Å². The van der Waals surface area contributed by atoms with Gasteiger partial charge in [0.25, 0.3) is 5.91 Å². The van der Waals surface area contributed by atoms with Crippen LogP contribution in [-0.4, -0.2) is 32.8 Å². The summed E-state index contributed by atoms with van der Waals surface area (Å²) in [6.07, 6.45) is 7.05. The summed E-state index contributed by atoms with van der Waals surface area (Å²) in [6, 6.07) is 5.10. The van der Waals surface area contributed by atoms with Gasteiger partial charge >= 0.3 is 0 Å². The number of amides is 1. The van der Waals surface area contributed by atoms with Gasteiger partial charge in [0, 0.05) is 18.8 Å². The van der Waals surface area contributed by atoms with E-state index in [1.807, 2.05) is 26.0 Å². The zero-order chi connectivity index (χ0) is 24.2. The van der Waals surface area contributed by atoms with Gasteiger partial charge in [-0.1, -0.05) is 47.4 Å². The maximum Gasteiger partial charge on any atom is 0.255 e. The number of benzene rings is 1. The number of nitrogens with one attached hydrogen (secondary N) is 2. The van der Waals surface area contributed by atoms with Crippen LogP contribution in [0, 0.1) is 4.91 Å². The average molecular weight is 503 g/mol. The van der Waals surface area contributed by atoms with E-state index in [0.717, 1.165) is 42.3 Å². The normalized spacial score (nSPS) is 19.1. The van der Waals surface area contributed by atoms with E-state index in [9.17, 15) is 9.70 Å². The van der Waals surface area contributed by atoms with Crippen LogP contribution in [-0.2, 0) is 6.54 Å². The molecule has 8 nitrogen and oxygen atoms in total. The molecule has 1 unspecified atom stereocenters. The second-order valence-corrected chi connectivity index (χ2v) is 9.36. The lowest BCUT2D eigenvalue weighted by Crippen LogP contribution is -2.31. The fraction of sp³-hybridized carbons (Fsp3) is 0.458. The Labute approximate surface area is 208 Å². The third-order valence-electron chi connectivity index (χ3n) is 6.48. The number of halogens is 2. The molecular weight excluding hydrogens is 475 g/mol. The average Bonchev–Trinajstić information content (AvgIpc) is 3.28. The third kappa shape index (κ3) is 4.88. The van der Waals surface area contributed by atoms with E-state index in [4.69, 9.17) is 23.2 Å². The molecule has 1 aromatic carbocycles. The van der Waals surface area contributed by atoms with Gasteiger partial charge in [0.1, 0.15) is 0 Å². The van der Waals surface area contributed by atoms with Crippen molar-refractivity contribution in [3.8, 4) is 0 Å². The predicted molar refractivity (Wildman–Crippen MR) is 136 cm³/mol. The largest absolute Gasteiger partial charge is 0.381 e. The number of carbonyl (C=O) groups excluding carboxylic acids is 1. The molecule has 0 radical (unpaired) electrons. The van der Waals surface area contributed by atoms with Crippen molar-refractivity contribution in [2.75, 3.05) is 5.32 Å². The summed E-state index contributed by atoms with van der Waals surface area (Å²) in [5, 5.41) is 16.0. The zero-order valence-electron chi connectivity index (χ0n) is 19.2. The molecule has 10 heteroatoms. The Morgan fingerprint density at radius 3 is 2.65 bits per heavy atom. The minimum absolute atomic E-state index is 0.129. The van der Waals surface area contributed by atoms with Crippen LogP contribution in [0.25, 0.3) is 11.0 Å². The number of fused-ring (bicyclic) bond motifs is 1. The quantitative estimate of drug-likeness (QED) is 0.360. The van der Waals surface area contributed by atoms with Crippen molar-refractivity contribution >= 4 is 45.8 Å². The molecule has 0 aliphatic heterocycles. The van der Waals surface area contributed by atoms with E-state index in [1.54, 1.807) is 23.1 Å². The number of pyridine rings is 1. The van der Waals surface area contributed by atoms with Crippen LogP contribution in [0.1, 0.15) is 67.9 Å². The highest BCUT2D eigenvalue weighted by Gasteiger charge is 2.26. The zero-order valence-corrected chi connectivity index (χ0v) is 20.7. The summed E-state index contributed by atoms with van der Waals surface area (Å²) in [6.45, 7) is 4.65. The number of rotatable bonds is 8. The number of aryl methyl sites for hydroxylation is 1. The molecule has 2 aromatic heterocycles. The first-order valence-corrected chi connectivity index (χ1v) is 12.4. The van der Waals surface area contributed by atoms with Crippen molar-refractivity contribution in [3.63, 3.8) is 0 Å². The van der Waals surface area contributed by atoms with Crippen LogP contribution in [0.2, 0.25) is 10.0 Å². The first-order chi connectivity index (χ1) is 16.5. The lowest BCUT2D eigenvalue weighted by atomic mass is 9.91. The molecule has 1 atom stereocenters. The SMILES string of the molecule is CCC(NC(=O)c1cnc2c(cnn2CC)c1NC1CCC(N=O)CC1)c1cccc(Cl)c1Cl. The number of nitrogens with zero attached hydrogens (tertiary/aromatic N) is 4. The highest BCUT2D eigenvalue weighted by atomic mass is 35.5. The number of aromatic nitrogens is 3. The third-order valence-corrected chi connectivity index (χ3v) is 7.31. The number of anilines is 1. The minimum Gasteiger partial charge on any atom is -0.381 e. The predicted octanol–water partition coefficient (Wildman–Crippen LogP) is 6.13. The molecule has 0 spiro atoms. The van der Waals surface area contributed by atoms with Crippen molar-refractivity contribution in [3.05, 3.63) is 56.7 Å². The van der Waals surface area contributed by atoms with Gasteiger partial charge in [-0.05, 0) is 50.7 Å². The molecule has 34 heavy (non-hydrogen) atoms. The lowest BCUT2D eigenvalue weighted by Gasteiger charge is -2.27. The number of carbonyl (C=O) groups is 1. The van der Waals surface area contributed by atoms with E-state index in [0.29, 0.717) is 34.3 Å². The number of hydrogen-bond donors (Lipinski definition) is 2. The van der Waals surface area contributed by atoms with Crippen molar-refractivity contribution in [2.45, 2.75) is 70.6 Å².